The van der Waals surface area contributed by atoms with E-state index in [-0.39, 0.29) is 12.0 Å². The van der Waals surface area contributed by atoms with Crippen molar-refractivity contribution in [1.29, 1.82) is 0 Å². The van der Waals surface area contributed by atoms with Crippen molar-refractivity contribution in [3.63, 3.8) is 0 Å². The number of rotatable bonds is 4. The number of benzene rings is 1. The zero-order valence-corrected chi connectivity index (χ0v) is 14.8. The number of nitrogens with zero attached hydrogens (tertiary/aromatic N) is 3. The first-order valence-corrected chi connectivity index (χ1v) is 8.67. The van der Waals surface area contributed by atoms with Crippen molar-refractivity contribution in [2.75, 3.05) is 13.1 Å². The van der Waals surface area contributed by atoms with Crippen LogP contribution >= 0.6 is 11.6 Å². The molecule has 1 atom stereocenters. The maximum absolute atomic E-state index is 12.4. The van der Waals surface area contributed by atoms with E-state index in [4.69, 9.17) is 16.3 Å². The van der Waals surface area contributed by atoms with Crippen LogP contribution in [0, 0.1) is 6.92 Å². The maximum atomic E-state index is 12.4. The fraction of sp³-hybridized carbons (Fsp3) is 0.316. The Labute approximate surface area is 152 Å². The number of hydrogen-bond donors (Lipinski definition) is 0. The van der Waals surface area contributed by atoms with E-state index in [1.807, 2.05) is 36.1 Å². The fourth-order valence-corrected chi connectivity index (χ4v) is 2.83. The number of carbonyl (C=O) groups excluding carboxylic acids is 1. The molecule has 1 amide bonds. The molecule has 1 fully saturated rings. The van der Waals surface area contributed by atoms with E-state index >= 15 is 0 Å². The van der Waals surface area contributed by atoms with Gasteiger partial charge in [0, 0.05) is 23.7 Å². The number of halogens is 1. The number of likely N-dealkylation sites (tertiary alicyclic amines) is 1. The summed E-state index contributed by atoms with van der Waals surface area (Å²) in [6.07, 6.45) is 5.15. The topological polar surface area (TPSA) is 55.3 Å². The largest absolute Gasteiger partial charge is 0.471 e. The van der Waals surface area contributed by atoms with Gasteiger partial charge in [-0.2, -0.15) is 5.10 Å². The minimum atomic E-state index is -0.0568. The number of aryl methyl sites for hydroxylation is 1. The number of ether oxygens (including phenoxy) is 1. The van der Waals surface area contributed by atoms with E-state index in [1.54, 1.807) is 24.3 Å². The molecule has 2 heterocycles. The highest BCUT2D eigenvalue weighted by molar-refractivity contribution is 6.30. The second-order valence-electron chi connectivity index (χ2n) is 6.06. The smallest absolute Gasteiger partial charge is 0.246 e. The average molecular weight is 358 g/mol. The molecule has 1 saturated heterocycles. The van der Waals surface area contributed by atoms with Crippen molar-refractivity contribution in [2.45, 2.75) is 25.9 Å². The van der Waals surface area contributed by atoms with E-state index in [9.17, 15) is 4.79 Å². The van der Waals surface area contributed by atoms with Crippen molar-refractivity contribution in [1.82, 2.24) is 15.1 Å². The summed E-state index contributed by atoms with van der Waals surface area (Å²) >= 11 is 5.86. The Morgan fingerprint density at radius 1 is 1.24 bits per heavy atom. The summed E-state index contributed by atoms with van der Waals surface area (Å²) in [6.45, 7) is 3.17. The van der Waals surface area contributed by atoms with Gasteiger partial charge in [-0.25, -0.2) is 0 Å². The van der Waals surface area contributed by atoms with E-state index in [0.717, 1.165) is 30.6 Å². The number of aromatic nitrogens is 2. The summed E-state index contributed by atoms with van der Waals surface area (Å²) in [5.41, 5.74) is 1.79. The molecular formula is C19H20ClN3O2. The third-order valence-electron chi connectivity index (χ3n) is 4.04. The van der Waals surface area contributed by atoms with Gasteiger partial charge >= 0.3 is 0 Å². The van der Waals surface area contributed by atoms with Crippen LogP contribution in [0.1, 0.15) is 24.1 Å². The molecule has 25 heavy (non-hydrogen) atoms. The SMILES string of the molecule is Cc1ccc(OC2CCCN(C(=O)/C=C/c3ccc(Cl)cc3)C2)nn1. The minimum Gasteiger partial charge on any atom is -0.471 e. The molecule has 0 spiro atoms. The van der Waals surface area contributed by atoms with Gasteiger partial charge in [0.2, 0.25) is 11.8 Å². The summed E-state index contributed by atoms with van der Waals surface area (Å²) < 4.78 is 5.86. The summed E-state index contributed by atoms with van der Waals surface area (Å²) in [5.74, 6) is 0.486. The van der Waals surface area contributed by atoms with Crippen LogP contribution in [-0.4, -0.2) is 40.2 Å². The number of hydrogen-bond acceptors (Lipinski definition) is 4. The second kappa shape index (κ2) is 8.12. The molecule has 6 heteroatoms. The lowest BCUT2D eigenvalue weighted by Crippen LogP contribution is -2.43. The Balaban J connectivity index is 1.57. The van der Waals surface area contributed by atoms with Gasteiger partial charge in [0.25, 0.3) is 0 Å². The molecule has 2 aromatic rings. The standard InChI is InChI=1S/C19H20ClN3O2/c1-14-4-10-18(22-21-14)25-17-3-2-12-23(13-17)19(24)11-7-15-5-8-16(20)9-6-15/h4-11,17H,2-3,12-13H2,1H3/b11-7+. The van der Waals surface area contributed by atoms with Gasteiger partial charge in [0.05, 0.1) is 12.2 Å². The number of carbonyl (C=O) groups is 1. The highest BCUT2D eigenvalue weighted by atomic mass is 35.5. The van der Waals surface area contributed by atoms with Crippen LogP contribution < -0.4 is 4.74 Å². The zero-order chi connectivity index (χ0) is 17.6. The van der Waals surface area contributed by atoms with Crippen molar-refractivity contribution >= 4 is 23.6 Å². The highest BCUT2D eigenvalue weighted by Gasteiger charge is 2.24. The van der Waals surface area contributed by atoms with Crippen LogP contribution in [0.25, 0.3) is 6.08 Å². The first kappa shape index (κ1) is 17.4. The number of amides is 1. The van der Waals surface area contributed by atoms with Gasteiger partial charge in [0.15, 0.2) is 0 Å². The highest BCUT2D eigenvalue weighted by Crippen LogP contribution is 2.17. The lowest BCUT2D eigenvalue weighted by molar-refractivity contribution is -0.128. The molecule has 0 saturated carbocycles. The monoisotopic (exact) mass is 357 g/mol. The predicted molar refractivity (Wildman–Crippen MR) is 97.5 cm³/mol. The lowest BCUT2D eigenvalue weighted by Gasteiger charge is -2.31. The molecule has 1 unspecified atom stereocenters. The molecule has 0 radical (unpaired) electrons. The molecule has 1 aliphatic rings. The predicted octanol–water partition coefficient (Wildman–Crippen LogP) is 3.52. The summed E-state index contributed by atoms with van der Waals surface area (Å²) in [7, 11) is 0. The quantitative estimate of drug-likeness (QED) is 0.785. The lowest BCUT2D eigenvalue weighted by atomic mass is 10.1. The van der Waals surface area contributed by atoms with Crippen LogP contribution in [0.5, 0.6) is 5.88 Å². The van der Waals surface area contributed by atoms with Gasteiger partial charge in [-0.05, 0) is 49.6 Å². The average Bonchev–Trinajstić information content (AvgIpc) is 2.63. The van der Waals surface area contributed by atoms with Gasteiger partial charge in [-0.3, -0.25) is 4.79 Å². The summed E-state index contributed by atoms with van der Waals surface area (Å²) in [6, 6.07) is 11.0. The summed E-state index contributed by atoms with van der Waals surface area (Å²) in [4.78, 5) is 14.2. The van der Waals surface area contributed by atoms with Crippen LogP contribution in [-0.2, 0) is 4.79 Å². The molecule has 0 bridgehead atoms. The molecule has 130 valence electrons. The molecule has 1 aliphatic heterocycles. The van der Waals surface area contributed by atoms with E-state index in [0.29, 0.717) is 17.4 Å². The molecule has 1 aromatic carbocycles. The molecular weight excluding hydrogens is 338 g/mol. The minimum absolute atomic E-state index is 0.0155. The van der Waals surface area contributed by atoms with Crippen LogP contribution in [0.15, 0.2) is 42.5 Å². The van der Waals surface area contributed by atoms with Gasteiger partial charge in [0.1, 0.15) is 6.10 Å². The van der Waals surface area contributed by atoms with Gasteiger partial charge in [-0.1, -0.05) is 23.7 Å². The molecule has 5 nitrogen and oxygen atoms in total. The maximum Gasteiger partial charge on any atom is 0.246 e. The van der Waals surface area contributed by atoms with Crippen molar-refractivity contribution < 1.29 is 9.53 Å². The molecule has 0 N–H and O–H groups in total. The first-order chi connectivity index (χ1) is 12.1. The van der Waals surface area contributed by atoms with E-state index < -0.39 is 0 Å². The zero-order valence-electron chi connectivity index (χ0n) is 14.1. The fourth-order valence-electron chi connectivity index (χ4n) is 2.70. The van der Waals surface area contributed by atoms with E-state index in [1.165, 1.54) is 0 Å². The van der Waals surface area contributed by atoms with Gasteiger partial charge < -0.3 is 9.64 Å². The Hall–Kier alpha value is -2.40. The van der Waals surface area contributed by atoms with Crippen molar-refractivity contribution in [3.05, 3.63) is 58.8 Å². The van der Waals surface area contributed by atoms with Crippen LogP contribution in [0.4, 0.5) is 0 Å². The van der Waals surface area contributed by atoms with E-state index in [2.05, 4.69) is 10.2 Å². The molecule has 1 aromatic heterocycles. The van der Waals surface area contributed by atoms with Crippen molar-refractivity contribution in [2.24, 2.45) is 0 Å². The third-order valence-corrected chi connectivity index (χ3v) is 4.29. The van der Waals surface area contributed by atoms with Crippen LogP contribution in [0.3, 0.4) is 0 Å². The molecule has 0 aliphatic carbocycles. The van der Waals surface area contributed by atoms with Crippen LogP contribution in [0.2, 0.25) is 5.02 Å². The van der Waals surface area contributed by atoms with Crippen molar-refractivity contribution in [3.8, 4) is 5.88 Å². The second-order valence-corrected chi connectivity index (χ2v) is 6.50. The number of piperidine rings is 1. The molecule has 3 rings (SSSR count). The first-order valence-electron chi connectivity index (χ1n) is 8.30. The summed E-state index contributed by atoms with van der Waals surface area (Å²) in [5, 5.41) is 8.70. The Bertz CT molecular complexity index is 744. The normalized spacial score (nSPS) is 17.7. The van der Waals surface area contributed by atoms with Gasteiger partial charge in [-0.15, -0.1) is 5.10 Å². The Morgan fingerprint density at radius 3 is 2.76 bits per heavy atom. The Morgan fingerprint density at radius 2 is 2.04 bits per heavy atom. The Kier molecular flexibility index (Phi) is 5.66. The third kappa shape index (κ3) is 5.03.